The standard InChI is InChI=1S/C25H24N4O4S/c1-15-21-13-22(34-24(21)29(28-15)14-18-7-5-4-6-8-18)25(32)33-16(2)23(31)27-20-11-9-19(10-12-20)26-17(3)30/h4-13,16H,14H2,1-3H3,(H,26,30)(H,27,31). The maximum absolute atomic E-state index is 12.7. The molecule has 4 aromatic rings. The van der Waals surface area contributed by atoms with Crippen LogP contribution in [-0.4, -0.2) is 33.7 Å². The average molecular weight is 477 g/mol. The van der Waals surface area contributed by atoms with Crippen LogP contribution in [0.4, 0.5) is 11.4 Å². The third-order valence-corrected chi connectivity index (χ3v) is 6.24. The molecule has 2 N–H and O–H groups in total. The zero-order chi connectivity index (χ0) is 24.2. The Morgan fingerprint density at radius 2 is 1.68 bits per heavy atom. The summed E-state index contributed by atoms with van der Waals surface area (Å²) in [7, 11) is 0. The monoisotopic (exact) mass is 476 g/mol. The Kier molecular flexibility index (Phi) is 6.74. The van der Waals surface area contributed by atoms with Crippen molar-refractivity contribution in [3.63, 3.8) is 0 Å². The van der Waals surface area contributed by atoms with Gasteiger partial charge in [-0.15, -0.1) is 11.3 Å². The number of anilines is 2. The van der Waals surface area contributed by atoms with Crippen LogP contribution >= 0.6 is 11.3 Å². The molecule has 0 spiro atoms. The Hall–Kier alpha value is -3.98. The Morgan fingerprint density at radius 3 is 2.32 bits per heavy atom. The molecule has 0 fully saturated rings. The number of rotatable bonds is 7. The van der Waals surface area contributed by atoms with E-state index >= 15 is 0 Å². The van der Waals surface area contributed by atoms with Crippen molar-refractivity contribution in [2.75, 3.05) is 10.6 Å². The number of aromatic nitrogens is 2. The van der Waals surface area contributed by atoms with Crippen LogP contribution in [0.25, 0.3) is 10.2 Å². The van der Waals surface area contributed by atoms with Gasteiger partial charge in [-0.3, -0.25) is 14.3 Å². The van der Waals surface area contributed by atoms with E-state index in [9.17, 15) is 14.4 Å². The average Bonchev–Trinajstić information content (AvgIpc) is 3.37. The molecule has 0 radical (unpaired) electrons. The highest BCUT2D eigenvalue weighted by atomic mass is 32.1. The second kappa shape index (κ2) is 9.88. The fourth-order valence-electron chi connectivity index (χ4n) is 3.43. The normalized spacial score (nSPS) is 11.7. The minimum absolute atomic E-state index is 0.179. The van der Waals surface area contributed by atoms with Crippen LogP contribution in [0, 0.1) is 6.92 Å². The lowest BCUT2D eigenvalue weighted by Crippen LogP contribution is -2.29. The summed E-state index contributed by atoms with van der Waals surface area (Å²) in [5.74, 6) is -1.19. The molecule has 1 unspecified atom stereocenters. The highest BCUT2D eigenvalue weighted by molar-refractivity contribution is 7.20. The molecular weight excluding hydrogens is 452 g/mol. The molecule has 2 amide bonds. The summed E-state index contributed by atoms with van der Waals surface area (Å²) < 4.78 is 7.29. The second-order valence-corrected chi connectivity index (χ2v) is 8.88. The number of fused-ring (bicyclic) bond motifs is 1. The summed E-state index contributed by atoms with van der Waals surface area (Å²) in [6, 6.07) is 18.4. The molecule has 2 aromatic heterocycles. The van der Waals surface area contributed by atoms with Crippen molar-refractivity contribution in [2.24, 2.45) is 0 Å². The molecule has 0 saturated heterocycles. The van der Waals surface area contributed by atoms with Crippen molar-refractivity contribution >= 4 is 50.7 Å². The first-order chi connectivity index (χ1) is 16.3. The lowest BCUT2D eigenvalue weighted by atomic mass is 10.2. The molecule has 0 aliphatic rings. The van der Waals surface area contributed by atoms with Gasteiger partial charge in [-0.25, -0.2) is 4.79 Å². The Balaban J connectivity index is 1.41. The first-order valence-corrected chi connectivity index (χ1v) is 11.5. The number of carbonyl (C=O) groups is 3. The number of aryl methyl sites for hydroxylation is 1. The maximum Gasteiger partial charge on any atom is 0.349 e. The van der Waals surface area contributed by atoms with Crippen LogP contribution in [0.15, 0.2) is 60.7 Å². The summed E-state index contributed by atoms with van der Waals surface area (Å²) in [6.07, 6.45) is -0.991. The number of hydrogen-bond acceptors (Lipinski definition) is 6. The van der Waals surface area contributed by atoms with E-state index in [1.807, 2.05) is 41.9 Å². The minimum Gasteiger partial charge on any atom is -0.448 e. The van der Waals surface area contributed by atoms with Crippen LogP contribution < -0.4 is 10.6 Å². The largest absolute Gasteiger partial charge is 0.448 e. The number of ether oxygens (including phenoxy) is 1. The first-order valence-electron chi connectivity index (χ1n) is 10.7. The van der Waals surface area contributed by atoms with Crippen LogP contribution in [0.5, 0.6) is 0 Å². The van der Waals surface area contributed by atoms with E-state index in [1.54, 1.807) is 30.3 Å². The number of carbonyl (C=O) groups excluding carboxylic acids is 3. The number of nitrogens with zero attached hydrogens (tertiary/aromatic N) is 2. The highest BCUT2D eigenvalue weighted by Gasteiger charge is 2.22. The maximum atomic E-state index is 12.7. The molecule has 2 aromatic carbocycles. The molecule has 0 aliphatic carbocycles. The van der Waals surface area contributed by atoms with Gasteiger partial charge in [-0.1, -0.05) is 30.3 Å². The van der Waals surface area contributed by atoms with Crippen molar-refractivity contribution < 1.29 is 19.1 Å². The molecule has 0 aliphatic heterocycles. The molecule has 0 bridgehead atoms. The van der Waals surface area contributed by atoms with Crippen LogP contribution in [0.1, 0.15) is 34.8 Å². The summed E-state index contributed by atoms with van der Waals surface area (Å²) in [5, 5.41) is 10.8. The third-order valence-electron chi connectivity index (χ3n) is 5.11. The predicted molar refractivity (Wildman–Crippen MR) is 132 cm³/mol. The van der Waals surface area contributed by atoms with Crippen LogP contribution in [0.2, 0.25) is 0 Å². The van der Waals surface area contributed by atoms with E-state index in [-0.39, 0.29) is 5.91 Å². The lowest BCUT2D eigenvalue weighted by Gasteiger charge is -2.13. The molecule has 0 saturated carbocycles. The van der Waals surface area contributed by atoms with Gasteiger partial charge in [0, 0.05) is 23.7 Å². The fourth-order valence-corrected chi connectivity index (χ4v) is 4.48. The number of thiophene rings is 1. The summed E-state index contributed by atoms with van der Waals surface area (Å²) in [4.78, 5) is 37.7. The van der Waals surface area contributed by atoms with Gasteiger partial charge in [-0.2, -0.15) is 5.10 Å². The fraction of sp³-hybridized carbons (Fsp3) is 0.200. The van der Waals surface area contributed by atoms with E-state index in [0.717, 1.165) is 21.5 Å². The van der Waals surface area contributed by atoms with E-state index < -0.39 is 18.0 Å². The first kappa shape index (κ1) is 23.2. The van der Waals surface area contributed by atoms with Gasteiger partial charge in [0.05, 0.1) is 12.2 Å². The SMILES string of the molecule is CC(=O)Nc1ccc(NC(=O)C(C)OC(=O)c2cc3c(C)nn(Cc4ccccc4)c3s2)cc1. The van der Waals surface area contributed by atoms with Gasteiger partial charge in [0.1, 0.15) is 9.71 Å². The van der Waals surface area contributed by atoms with Gasteiger partial charge in [0.25, 0.3) is 5.91 Å². The van der Waals surface area contributed by atoms with E-state index in [0.29, 0.717) is 22.8 Å². The molecule has 2 heterocycles. The molecule has 9 heteroatoms. The molecular formula is C25H24N4O4S. The van der Waals surface area contributed by atoms with Crippen LogP contribution in [-0.2, 0) is 20.9 Å². The van der Waals surface area contributed by atoms with Gasteiger partial charge in [-0.05, 0) is 49.7 Å². The summed E-state index contributed by atoms with van der Waals surface area (Å²) in [5.41, 5.74) is 3.09. The van der Waals surface area contributed by atoms with Gasteiger partial charge >= 0.3 is 5.97 Å². The van der Waals surface area contributed by atoms with Crippen molar-refractivity contribution in [3.8, 4) is 0 Å². The number of esters is 1. The highest BCUT2D eigenvalue weighted by Crippen LogP contribution is 2.29. The summed E-state index contributed by atoms with van der Waals surface area (Å²) in [6.45, 7) is 5.44. The van der Waals surface area contributed by atoms with E-state index in [2.05, 4.69) is 15.7 Å². The molecule has 34 heavy (non-hydrogen) atoms. The smallest absolute Gasteiger partial charge is 0.349 e. The van der Waals surface area contributed by atoms with Gasteiger partial charge in [0.2, 0.25) is 5.91 Å². The molecule has 1 atom stereocenters. The van der Waals surface area contributed by atoms with Gasteiger partial charge in [0.15, 0.2) is 6.10 Å². The van der Waals surface area contributed by atoms with E-state index in [1.165, 1.54) is 25.2 Å². The number of hydrogen-bond donors (Lipinski definition) is 2. The molecule has 8 nitrogen and oxygen atoms in total. The van der Waals surface area contributed by atoms with Crippen LogP contribution in [0.3, 0.4) is 0 Å². The third kappa shape index (κ3) is 5.32. The van der Waals surface area contributed by atoms with E-state index in [4.69, 9.17) is 4.74 Å². The minimum atomic E-state index is -0.991. The Bertz CT molecular complexity index is 1340. The summed E-state index contributed by atoms with van der Waals surface area (Å²) >= 11 is 1.30. The topological polar surface area (TPSA) is 102 Å². The van der Waals surface area contributed by atoms with Crippen molar-refractivity contribution in [1.29, 1.82) is 0 Å². The zero-order valence-corrected chi connectivity index (χ0v) is 19.8. The van der Waals surface area contributed by atoms with Crippen molar-refractivity contribution in [3.05, 3.63) is 76.8 Å². The lowest BCUT2D eigenvalue weighted by molar-refractivity contribution is -0.123. The zero-order valence-electron chi connectivity index (χ0n) is 19.0. The number of nitrogens with one attached hydrogen (secondary N) is 2. The Morgan fingerprint density at radius 1 is 1.03 bits per heavy atom. The quantitative estimate of drug-likeness (QED) is 0.380. The molecule has 174 valence electrons. The Labute approximate surface area is 200 Å². The van der Waals surface area contributed by atoms with Crippen molar-refractivity contribution in [1.82, 2.24) is 9.78 Å². The predicted octanol–water partition coefficient (Wildman–Crippen LogP) is 4.60. The molecule has 4 rings (SSSR count). The second-order valence-electron chi connectivity index (χ2n) is 7.85. The van der Waals surface area contributed by atoms with Crippen molar-refractivity contribution in [2.45, 2.75) is 33.4 Å². The number of amides is 2. The van der Waals surface area contributed by atoms with Gasteiger partial charge < -0.3 is 15.4 Å². The number of benzene rings is 2.